The Bertz CT molecular complexity index is 916. The van der Waals surface area contributed by atoms with Gasteiger partial charge in [-0.1, -0.05) is 63.9 Å². The third-order valence-corrected chi connectivity index (χ3v) is 8.46. The van der Waals surface area contributed by atoms with Crippen molar-refractivity contribution >= 4 is 12.4 Å². The Kier molecular flexibility index (Phi) is 8.64. The van der Waals surface area contributed by atoms with E-state index < -0.39 is 6.10 Å². The van der Waals surface area contributed by atoms with Crippen molar-refractivity contribution in [2.75, 3.05) is 13.1 Å². The normalized spacial score (nSPS) is 27.2. The molecule has 0 spiro atoms. The molecular weight excluding hydrogens is 433 g/mol. The molecule has 4 atom stereocenters. The lowest BCUT2D eigenvalue weighted by molar-refractivity contribution is 0.0252. The second kappa shape index (κ2) is 10.9. The average Bonchev–Trinajstić information content (AvgIpc) is 2.77. The van der Waals surface area contributed by atoms with Crippen molar-refractivity contribution in [2.24, 2.45) is 11.3 Å². The molecule has 4 unspecified atom stereocenters. The third kappa shape index (κ3) is 5.47. The average molecular weight is 474 g/mol. The summed E-state index contributed by atoms with van der Waals surface area (Å²) in [6.45, 7) is 9.02. The number of aliphatic hydroxyl groups excluding tert-OH is 1. The Hall–Kier alpha value is -1.42. The first-order valence-corrected chi connectivity index (χ1v) is 12.6. The van der Waals surface area contributed by atoms with Crippen molar-refractivity contribution in [1.29, 1.82) is 0 Å². The van der Waals surface area contributed by atoms with Crippen molar-refractivity contribution in [3.05, 3.63) is 70.5 Å². The van der Waals surface area contributed by atoms with Gasteiger partial charge in [-0.2, -0.15) is 0 Å². The van der Waals surface area contributed by atoms with Crippen LogP contribution in [0.5, 0.6) is 0 Å². The number of benzene rings is 2. The number of hydrogen-bond acceptors (Lipinski definition) is 2. The summed E-state index contributed by atoms with van der Waals surface area (Å²) in [6, 6.07) is 13.5. The lowest BCUT2D eigenvalue weighted by Gasteiger charge is -2.55. The largest absolute Gasteiger partial charge is 0.388 e. The van der Waals surface area contributed by atoms with Gasteiger partial charge in [0.15, 0.2) is 0 Å². The van der Waals surface area contributed by atoms with Gasteiger partial charge in [0.05, 0.1) is 6.10 Å². The SMILES string of the molecule is CCCc1ccc2c(c1)CCC1C(C)(CNCCC(O)c3ccc(F)cc3)CCCC21C.Cl. The predicted octanol–water partition coefficient (Wildman–Crippen LogP) is 6.92. The van der Waals surface area contributed by atoms with Crippen LogP contribution >= 0.6 is 12.4 Å². The van der Waals surface area contributed by atoms with Gasteiger partial charge >= 0.3 is 0 Å². The van der Waals surface area contributed by atoms with E-state index >= 15 is 0 Å². The van der Waals surface area contributed by atoms with E-state index in [1.54, 1.807) is 23.3 Å². The van der Waals surface area contributed by atoms with Gasteiger partial charge in [-0.3, -0.25) is 0 Å². The zero-order chi connectivity index (χ0) is 22.8. The standard InChI is InChI=1S/C29H40FNO.ClH/c1-4-6-21-7-13-25-23(19-21)10-14-27-28(2,16-5-17-29(25,27)3)20-31-18-15-26(32)22-8-11-24(30)12-9-22;/h7-9,11-13,19,26-27,31-32H,4-6,10,14-18,20H2,1-3H3;1H. The Morgan fingerprint density at radius 3 is 2.61 bits per heavy atom. The summed E-state index contributed by atoms with van der Waals surface area (Å²) in [4.78, 5) is 0. The minimum atomic E-state index is -0.550. The van der Waals surface area contributed by atoms with E-state index in [4.69, 9.17) is 0 Å². The molecule has 0 radical (unpaired) electrons. The third-order valence-electron chi connectivity index (χ3n) is 8.46. The number of aliphatic hydroxyl groups is 1. The summed E-state index contributed by atoms with van der Waals surface area (Å²) in [7, 11) is 0. The molecule has 182 valence electrons. The molecule has 4 rings (SSSR count). The molecule has 2 N–H and O–H groups in total. The quantitative estimate of drug-likeness (QED) is 0.407. The van der Waals surface area contributed by atoms with E-state index in [0.29, 0.717) is 12.3 Å². The molecule has 0 saturated heterocycles. The minimum Gasteiger partial charge on any atom is -0.388 e. The van der Waals surface area contributed by atoms with Gasteiger partial charge in [-0.25, -0.2) is 4.39 Å². The highest BCUT2D eigenvalue weighted by atomic mass is 35.5. The van der Waals surface area contributed by atoms with Crippen LogP contribution in [0.25, 0.3) is 0 Å². The fourth-order valence-corrected chi connectivity index (χ4v) is 6.80. The first-order chi connectivity index (χ1) is 15.4. The Labute approximate surface area is 205 Å². The molecule has 2 aromatic rings. The lowest BCUT2D eigenvalue weighted by Crippen LogP contribution is -2.52. The van der Waals surface area contributed by atoms with Crippen LogP contribution in [0, 0.1) is 17.2 Å². The van der Waals surface area contributed by atoms with Gasteiger partial charge in [0.25, 0.3) is 0 Å². The van der Waals surface area contributed by atoms with Crippen molar-refractivity contribution in [2.45, 2.75) is 83.7 Å². The Balaban J connectivity index is 0.00000306. The van der Waals surface area contributed by atoms with Crippen LogP contribution in [0.1, 0.15) is 87.7 Å². The number of halogens is 2. The summed E-state index contributed by atoms with van der Waals surface area (Å²) in [5, 5.41) is 14.1. The monoisotopic (exact) mass is 473 g/mol. The smallest absolute Gasteiger partial charge is 0.123 e. The second-order valence-electron chi connectivity index (χ2n) is 10.8. The Morgan fingerprint density at radius 1 is 1.12 bits per heavy atom. The van der Waals surface area contributed by atoms with Gasteiger partial charge in [0.1, 0.15) is 5.82 Å². The van der Waals surface area contributed by atoms with E-state index in [2.05, 4.69) is 44.3 Å². The molecule has 0 amide bonds. The van der Waals surface area contributed by atoms with Crippen LogP contribution in [-0.2, 0) is 18.3 Å². The first kappa shape index (κ1) is 26.2. The molecule has 1 saturated carbocycles. The van der Waals surface area contributed by atoms with Gasteiger partial charge in [-0.15, -0.1) is 12.4 Å². The van der Waals surface area contributed by atoms with E-state index in [1.807, 2.05) is 0 Å². The van der Waals surface area contributed by atoms with Gasteiger partial charge < -0.3 is 10.4 Å². The molecule has 2 nitrogen and oxygen atoms in total. The van der Waals surface area contributed by atoms with Crippen LogP contribution in [0.4, 0.5) is 4.39 Å². The molecule has 2 aliphatic rings. The van der Waals surface area contributed by atoms with Crippen LogP contribution in [0.2, 0.25) is 0 Å². The number of rotatable bonds is 8. The summed E-state index contributed by atoms with van der Waals surface area (Å²) < 4.78 is 13.1. The number of aryl methyl sites for hydroxylation is 2. The maximum Gasteiger partial charge on any atom is 0.123 e. The maximum atomic E-state index is 13.1. The number of nitrogens with one attached hydrogen (secondary N) is 1. The molecule has 1 fully saturated rings. The molecule has 2 aliphatic carbocycles. The zero-order valence-corrected chi connectivity index (χ0v) is 21.3. The molecule has 33 heavy (non-hydrogen) atoms. The topological polar surface area (TPSA) is 32.3 Å². The summed E-state index contributed by atoms with van der Waals surface area (Å²) >= 11 is 0. The molecule has 0 aliphatic heterocycles. The highest BCUT2D eigenvalue weighted by molar-refractivity contribution is 5.85. The second-order valence-corrected chi connectivity index (χ2v) is 10.8. The van der Waals surface area contributed by atoms with Crippen molar-refractivity contribution in [3.8, 4) is 0 Å². The highest BCUT2D eigenvalue weighted by Crippen LogP contribution is 2.57. The molecule has 2 aromatic carbocycles. The summed E-state index contributed by atoms with van der Waals surface area (Å²) in [5.74, 6) is 0.422. The Morgan fingerprint density at radius 2 is 1.88 bits per heavy atom. The van der Waals surface area contributed by atoms with E-state index in [9.17, 15) is 9.50 Å². The summed E-state index contributed by atoms with van der Waals surface area (Å²) in [5.41, 5.74) is 6.01. The molecule has 4 heteroatoms. The van der Waals surface area contributed by atoms with Crippen molar-refractivity contribution < 1.29 is 9.50 Å². The minimum absolute atomic E-state index is 0. The molecule has 0 aromatic heterocycles. The first-order valence-electron chi connectivity index (χ1n) is 12.6. The van der Waals surface area contributed by atoms with Crippen LogP contribution in [0.15, 0.2) is 42.5 Å². The van der Waals surface area contributed by atoms with Crippen LogP contribution < -0.4 is 5.32 Å². The van der Waals surface area contributed by atoms with Gasteiger partial charge in [0, 0.05) is 6.54 Å². The predicted molar refractivity (Wildman–Crippen MR) is 138 cm³/mol. The summed E-state index contributed by atoms with van der Waals surface area (Å²) in [6.07, 6.45) is 8.79. The highest BCUT2D eigenvalue weighted by Gasteiger charge is 2.51. The molecule has 0 bridgehead atoms. The van der Waals surface area contributed by atoms with E-state index in [0.717, 1.165) is 18.7 Å². The van der Waals surface area contributed by atoms with E-state index in [-0.39, 0.29) is 29.1 Å². The van der Waals surface area contributed by atoms with Gasteiger partial charge in [-0.05, 0) is 96.2 Å². The molecular formula is C29H41ClFNO. The zero-order valence-electron chi connectivity index (χ0n) is 20.5. The molecule has 0 heterocycles. The fourth-order valence-electron chi connectivity index (χ4n) is 6.80. The van der Waals surface area contributed by atoms with Crippen molar-refractivity contribution in [1.82, 2.24) is 5.32 Å². The van der Waals surface area contributed by atoms with E-state index in [1.165, 1.54) is 62.6 Å². The van der Waals surface area contributed by atoms with Gasteiger partial charge in [0.2, 0.25) is 0 Å². The van der Waals surface area contributed by atoms with Crippen LogP contribution in [-0.4, -0.2) is 18.2 Å². The lowest BCUT2D eigenvalue weighted by atomic mass is 9.49. The fraction of sp³-hybridized carbons (Fsp3) is 0.586. The maximum absolute atomic E-state index is 13.1. The van der Waals surface area contributed by atoms with Crippen LogP contribution in [0.3, 0.4) is 0 Å². The number of hydrogen-bond donors (Lipinski definition) is 2. The number of fused-ring (bicyclic) bond motifs is 3. The van der Waals surface area contributed by atoms with Crippen molar-refractivity contribution in [3.63, 3.8) is 0 Å².